The molecule has 0 bridgehead atoms. The Balaban J connectivity index is -0.00000000500. The van der Waals surface area contributed by atoms with Crippen molar-refractivity contribution in [3.63, 3.8) is 0 Å². The molecule has 0 aliphatic rings. The molecule has 0 unspecified atom stereocenters. The number of rotatable bonds is 0. The number of hydrogen-bond acceptors (Lipinski definition) is 1. The van der Waals surface area contributed by atoms with E-state index in [9.17, 15) is 0 Å². The van der Waals surface area contributed by atoms with Gasteiger partial charge in [-0.25, -0.2) is 0 Å². The Bertz CT molecular complexity index is 8.00. The predicted octanol–water partition coefficient (Wildman–Crippen LogP) is -0.565. The van der Waals surface area contributed by atoms with Gasteiger partial charge >= 0.3 is 28.3 Å². The molecule has 0 aromatic carbocycles. The largest absolute Gasteiger partial charge is 0 e. The first-order valence-electron chi connectivity index (χ1n) is 0.224. The molecular weight excluding hydrogens is 232 g/mol. The molecule has 0 amide bonds. The van der Waals surface area contributed by atoms with Crippen molar-refractivity contribution >= 4 is 0 Å². The Labute approximate surface area is 64.0 Å². The Morgan fingerprint density at radius 2 is 1.25 bits per heavy atom. The van der Waals surface area contributed by atoms with E-state index in [-0.39, 0.29) is 36.3 Å². The second-order valence-corrected chi connectivity index (χ2v) is 0. The van der Waals surface area contributed by atoms with Gasteiger partial charge in [-0.2, -0.15) is 0 Å². The van der Waals surface area contributed by atoms with E-state index in [2.05, 4.69) is 0 Å². The van der Waals surface area contributed by atoms with E-state index in [1.165, 1.54) is 0 Å². The molecule has 0 aliphatic heterocycles. The zero-order valence-corrected chi connectivity index (χ0v) is 8.45. The van der Waals surface area contributed by atoms with Crippen LogP contribution in [-0.4, -0.2) is 3.18 Å². The summed E-state index contributed by atoms with van der Waals surface area (Å²) in [7, 11) is 0. The van der Waals surface area contributed by atoms with E-state index in [1.54, 1.807) is 0 Å². The Morgan fingerprint density at radius 3 is 1.25 bits per heavy atom. The van der Waals surface area contributed by atoms with E-state index < -0.39 is 0 Å². The van der Waals surface area contributed by atoms with Crippen LogP contribution in [0.1, 0.15) is 0 Å². The maximum atomic E-state index is 7.09. The molecule has 1 nitrogen and oxygen atoms in total. The molecule has 0 aromatic heterocycles. The summed E-state index contributed by atoms with van der Waals surface area (Å²) in [5.41, 5.74) is 0. The summed E-state index contributed by atoms with van der Waals surface area (Å²) < 4.78 is 7.09. The third-order valence-electron chi connectivity index (χ3n) is 0. The van der Waals surface area contributed by atoms with Crippen molar-refractivity contribution < 1.29 is 64.6 Å². The molecular formula is HCoOZnZr. The van der Waals surface area contributed by atoms with E-state index in [1.807, 2.05) is 0 Å². The third-order valence-corrected chi connectivity index (χ3v) is 0. The van der Waals surface area contributed by atoms with Gasteiger partial charge in [0.05, 0.1) is 0 Å². The zero-order valence-electron chi connectivity index (χ0n) is 1.99. The first-order valence-corrected chi connectivity index (χ1v) is 1.32. The van der Waals surface area contributed by atoms with Crippen LogP contribution in [0.4, 0.5) is 0 Å². The van der Waals surface area contributed by atoms with Crippen molar-refractivity contribution in [2.75, 3.05) is 0 Å². The monoisotopic (exact) mass is 230 g/mol. The summed E-state index contributed by atoms with van der Waals surface area (Å²) in [6.07, 6.45) is 0. The third kappa shape index (κ3) is 9.02. The van der Waals surface area contributed by atoms with E-state index >= 15 is 0 Å². The molecule has 0 fully saturated rings. The fourth-order valence-electron chi connectivity index (χ4n) is 0. The summed E-state index contributed by atoms with van der Waals surface area (Å²) in [5, 5.41) is 0. The fourth-order valence-corrected chi connectivity index (χ4v) is 0. The Hall–Kier alpha value is 1.97. The fraction of sp³-hybridized carbons (Fsp3) is 0. The van der Waals surface area contributed by atoms with Gasteiger partial charge in [0, 0.05) is 36.3 Å². The van der Waals surface area contributed by atoms with Crippen molar-refractivity contribution in [2.24, 2.45) is 0 Å². The second kappa shape index (κ2) is 20.2. The quantitative estimate of drug-likeness (QED) is 0.555. The standard InChI is InChI=1S/Co.H2O.Zn.Zr/h;1H2;;/q;;;+1/p-1. The Kier molecular flexibility index (Phi) is 84.3. The normalized spacial score (nSPS) is 1.00. The van der Waals surface area contributed by atoms with E-state index in [4.69, 9.17) is 3.18 Å². The average Bonchev–Trinajstić information content (AvgIpc) is 1.00. The van der Waals surface area contributed by atoms with Gasteiger partial charge in [0.25, 0.3) is 0 Å². The van der Waals surface area contributed by atoms with Crippen LogP contribution in [0.15, 0.2) is 0 Å². The minimum absolute atomic E-state index is 0. The summed E-state index contributed by atoms with van der Waals surface area (Å²) in [4.78, 5) is 0. The first kappa shape index (κ1) is 16.7. The smallest absolute Gasteiger partial charge is 0 e. The number of hydrogen-bond donors (Lipinski definition) is 1. The Morgan fingerprint density at radius 1 is 1.25 bits per heavy atom. The summed E-state index contributed by atoms with van der Waals surface area (Å²) in [5.74, 6) is 0. The molecule has 0 spiro atoms. The van der Waals surface area contributed by atoms with Gasteiger partial charge in [-0.3, -0.25) is 0 Å². The van der Waals surface area contributed by atoms with E-state index in [0.717, 1.165) is 0 Å². The molecule has 0 saturated heterocycles. The molecule has 0 aromatic rings. The van der Waals surface area contributed by atoms with Gasteiger partial charge in [0.15, 0.2) is 0 Å². The van der Waals surface area contributed by atoms with Crippen molar-refractivity contribution in [3.05, 3.63) is 0 Å². The molecule has 4 heteroatoms. The molecule has 1 radical (unpaired) electrons. The SMILES string of the molecule is [Co].[OH][Zr].[Zn]. The van der Waals surface area contributed by atoms with Crippen molar-refractivity contribution in [1.29, 1.82) is 0 Å². The van der Waals surface area contributed by atoms with Crippen LogP contribution >= 0.6 is 0 Å². The topological polar surface area (TPSA) is 20.2 Å². The molecule has 0 saturated carbocycles. The van der Waals surface area contributed by atoms with Crippen LogP contribution in [0.5, 0.6) is 0 Å². The molecule has 0 rings (SSSR count). The van der Waals surface area contributed by atoms with Gasteiger partial charge in [0.1, 0.15) is 0 Å². The molecule has 0 heterocycles. The van der Waals surface area contributed by atoms with Crippen LogP contribution in [0.25, 0.3) is 0 Å². The zero-order chi connectivity index (χ0) is 2.00. The van der Waals surface area contributed by atoms with Gasteiger partial charge < -0.3 is 0 Å². The summed E-state index contributed by atoms with van der Waals surface area (Å²) in [6, 6.07) is 0. The molecule has 0 aliphatic carbocycles. The van der Waals surface area contributed by atoms with Crippen LogP contribution in [-0.2, 0) is 61.4 Å². The van der Waals surface area contributed by atoms with Crippen molar-refractivity contribution in [1.82, 2.24) is 0 Å². The van der Waals surface area contributed by atoms with Gasteiger partial charge in [-0.15, -0.1) is 0 Å². The molecule has 22 valence electrons. The summed E-state index contributed by atoms with van der Waals surface area (Å²) >= 11 is 0.550. The minimum Gasteiger partial charge on any atom is 0 e. The van der Waals surface area contributed by atoms with Crippen LogP contribution in [0, 0.1) is 0 Å². The average molecular weight is 233 g/mol. The van der Waals surface area contributed by atoms with Crippen LogP contribution in [0.2, 0.25) is 0 Å². The maximum absolute atomic E-state index is 7.09. The molecule has 4 heavy (non-hydrogen) atoms. The van der Waals surface area contributed by atoms with Crippen LogP contribution in [0.3, 0.4) is 0 Å². The second-order valence-electron chi connectivity index (χ2n) is 0. The van der Waals surface area contributed by atoms with Gasteiger partial charge in [0.2, 0.25) is 0 Å². The molecule has 0 atom stereocenters. The summed E-state index contributed by atoms with van der Waals surface area (Å²) in [6.45, 7) is 0. The predicted molar refractivity (Wildman–Crippen MR) is 2.22 cm³/mol. The van der Waals surface area contributed by atoms with E-state index in [0.29, 0.717) is 25.2 Å². The molecule has 1 N–H and O–H groups in total. The van der Waals surface area contributed by atoms with Crippen LogP contribution < -0.4 is 0 Å². The first-order chi connectivity index (χ1) is 1.00. The van der Waals surface area contributed by atoms with Crippen molar-refractivity contribution in [3.8, 4) is 0 Å². The van der Waals surface area contributed by atoms with Crippen molar-refractivity contribution in [2.45, 2.75) is 0 Å². The van der Waals surface area contributed by atoms with Gasteiger partial charge in [-0.05, 0) is 0 Å². The van der Waals surface area contributed by atoms with Gasteiger partial charge in [-0.1, -0.05) is 0 Å². The minimum atomic E-state index is 0. The maximum Gasteiger partial charge on any atom is 0 e.